The normalized spacial score (nSPS) is 12.1. The maximum Gasteiger partial charge on any atom is 0.295 e. The zero-order chi connectivity index (χ0) is 21.1. The number of likely N-dealkylation sites (N-methyl/N-ethyl adjacent to an activating group) is 1. The fourth-order valence-electron chi connectivity index (χ4n) is 3.26. The number of para-hydroxylation sites is 2. The van der Waals surface area contributed by atoms with Gasteiger partial charge in [0.05, 0.1) is 23.6 Å². The highest BCUT2D eigenvalue weighted by molar-refractivity contribution is 6.31. The maximum atomic E-state index is 13.3. The lowest BCUT2D eigenvalue weighted by atomic mass is 10.1. The Kier molecular flexibility index (Phi) is 5.67. The number of nitrogens with one attached hydrogen (secondary N) is 1. The Morgan fingerprint density at radius 2 is 2.00 bits per heavy atom. The van der Waals surface area contributed by atoms with Crippen molar-refractivity contribution in [1.29, 1.82) is 0 Å². The van der Waals surface area contributed by atoms with Crippen molar-refractivity contribution in [3.8, 4) is 5.69 Å². The molecule has 1 N–H and O–H groups in total. The molecule has 0 aliphatic heterocycles. The number of rotatable bonds is 7. The summed E-state index contributed by atoms with van der Waals surface area (Å²) in [7, 11) is 1.77. The van der Waals surface area contributed by atoms with E-state index < -0.39 is 0 Å². The highest BCUT2D eigenvalue weighted by Crippen LogP contribution is 2.22. The van der Waals surface area contributed by atoms with Gasteiger partial charge >= 0.3 is 0 Å². The first-order valence-electron chi connectivity index (χ1n) is 9.59. The molecule has 0 bridgehead atoms. The lowest BCUT2D eigenvalue weighted by Gasteiger charge is -2.28. The maximum absolute atomic E-state index is 13.3. The molecule has 1 amide bonds. The monoisotopic (exact) mass is 424 g/mol. The minimum absolute atomic E-state index is 0.0927. The van der Waals surface area contributed by atoms with E-state index in [2.05, 4.69) is 20.5 Å². The summed E-state index contributed by atoms with van der Waals surface area (Å²) in [6.45, 7) is 2.51. The van der Waals surface area contributed by atoms with Gasteiger partial charge in [0.2, 0.25) is 0 Å². The van der Waals surface area contributed by atoms with Crippen molar-refractivity contribution in [3.63, 3.8) is 0 Å². The van der Waals surface area contributed by atoms with Crippen molar-refractivity contribution < 1.29 is 9.21 Å². The van der Waals surface area contributed by atoms with Gasteiger partial charge in [-0.3, -0.25) is 4.79 Å². The first-order valence-corrected chi connectivity index (χ1v) is 9.97. The van der Waals surface area contributed by atoms with Crippen LogP contribution in [0, 0.1) is 0 Å². The van der Waals surface area contributed by atoms with Crippen molar-refractivity contribution in [2.24, 2.45) is 0 Å². The third-order valence-electron chi connectivity index (χ3n) is 4.95. The van der Waals surface area contributed by atoms with E-state index in [-0.39, 0.29) is 11.9 Å². The van der Waals surface area contributed by atoms with Crippen LogP contribution in [-0.4, -0.2) is 50.4 Å². The van der Waals surface area contributed by atoms with Gasteiger partial charge in [0, 0.05) is 24.7 Å². The van der Waals surface area contributed by atoms with Crippen molar-refractivity contribution in [2.75, 3.05) is 18.9 Å². The Morgan fingerprint density at radius 1 is 1.23 bits per heavy atom. The van der Waals surface area contributed by atoms with Crippen LogP contribution in [0.3, 0.4) is 0 Å². The molecule has 2 aromatic heterocycles. The Hall–Kier alpha value is -3.39. The van der Waals surface area contributed by atoms with Crippen molar-refractivity contribution >= 4 is 34.6 Å². The number of hydrogen-bond acceptors (Lipinski definition) is 6. The minimum atomic E-state index is -0.170. The summed E-state index contributed by atoms with van der Waals surface area (Å²) in [5.74, 6) is -0.170. The number of hydrogen-bond donors (Lipinski definition) is 1. The minimum Gasteiger partial charge on any atom is -0.424 e. The van der Waals surface area contributed by atoms with Crippen LogP contribution in [-0.2, 0) is 0 Å². The summed E-state index contributed by atoms with van der Waals surface area (Å²) in [5.41, 5.74) is 2.50. The van der Waals surface area contributed by atoms with Crippen LogP contribution >= 0.6 is 11.6 Å². The molecule has 4 aromatic rings. The van der Waals surface area contributed by atoms with E-state index in [1.807, 2.05) is 31.2 Å². The summed E-state index contributed by atoms with van der Waals surface area (Å²) < 4.78 is 5.71. The first kappa shape index (κ1) is 19.9. The predicted molar refractivity (Wildman–Crippen MR) is 115 cm³/mol. The number of carbonyl (C=O) groups excluding carboxylic acids is 1. The van der Waals surface area contributed by atoms with E-state index in [0.717, 1.165) is 11.9 Å². The highest BCUT2D eigenvalue weighted by atomic mass is 35.5. The van der Waals surface area contributed by atoms with E-state index in [1.54, 1.807) is 42.5 Å². The smallest absolute Gasteiger partial charge is 0.295 e. The number of benzene rings is 2. The molecular weight excluding hydrogens is 404 g/mol. The van der Waals surface area contributed by atoms with Gasteiger partial charge in [0.1, 0.15) is 5.52 Å². The van der Waals surface area contributed by atoms with Crippen LogP contribution in [0.15, 0.2) is 59.3 Å². The highest BCUT2D eigenvalue weighted by Gasteiger charge is 2.24. The van der Waals surface area contributed by atoms with Crippen LogP contribution in [0.5, 0.6) is 0 Å². The van der Waals surface area contributed by atoms with Gasteiger partial charge in [0.15, 0.2) is 5.58 Å². The molecule has 9 heteroatoms. The van der Waals surface area contributed by atoms with Crippen LogP contribution in [0.2, 0.25) is 5.02 Å². The van der Waals surface area contributed by atoms with E-state index in [1.165, 1.54) is 4.80 Å². The number of amides is 1. The zero-order valence-electron chi connectivity index (χ0n) is 16.6. The second-order valence-corrected chi connectivity index (χ2v) is 7.26. The molecule has 4 rings (SSSR count). The molecule has 0 fully saturated rings. The van der Waals surface area contributed by atoms with Gasteiger partial charge < -0.3 is 14.6 Å². The summed E-state index contributed by atoms with van der Waals surface area (Å²) in [6.07, 6.45) is 3.86. The molecule has 1 atom stereocenters. The molecule has 0 saturated heterocycles. The second-order valence-electron chi connectivity index (χ2n) is 6.83. The predicted octanol–water partition coefficient (Wildman–Crippen LogP) is 4.02. The van der Waals surface area contributed by atoms with Crippen molar-refractivity contribution in [3.05, 3.63) is 65.4 Å². The number of aromatic nitrogens is 4. The topological polar surface area (TPSA) is 89.1 Å². The quantitative estimate of drug-likeness (QED) is 0.482. The Morgan fingerprint density at radius 3 is 2.73 bits per heavy atom. The zero-order valence-corrected chi connectivity index (χ0v) is 17.4. The van der Waals surface area contributed by atoms with Gasteiger partial charge in [-0.15, -0.1) is 0 Å². The average Bonchev–Trinajstić information content (AvgIpc) is 3.43. The van der Waals surface area contributed by atoms with Crippen molar-refractivity contribution in [1.82, 2.24) is 24.9 Å². The number of anilines is 1. The van der Waals surface area contributed by atoms with Crippen molar-refractivity contribution in [2.45, 2.75) is 19.4 Å². The van der Waals surface area contributed by atoms with Gasteiger partial charge in [-0.05, 0) is 36.8 Å². The molecule has 0 aliphatic rings. The van der Waals surface area contributed by atoms with E-state index in [4.69, 9.17) is 16.0 Å². The number of carbonyl (C=O) groups is 1. The number of fused-ring (bicyclic) bond motifs is 1. The van der Waals surface area contributed by atoms with Gasteiger partial charge in [-0.1, -0.05) is 30.7 Å². The molecule has 0 saturated carbocycles. The SMILES string of the molecule is CCC(CNc1nc2ccccc2o1)N(C)C(=O)c1cc(Cl)ccc1-n1nccn1. The van der Waals surface area contributed by atoms with E-state index >= 15 is 0 Å². The van der Waals surface area contributed by atoms with Gasteiger partial charge in [0.25, 0.3) is 11.9 Å². The van der Waals surface area contributed by atoms with Crippen LogP contribution < -0.4 is 5.32 Å². The number of halogens is 1. The lowest BCUT2D eigenvalue weighted by molar-refractivity contribution is 0.0735. The molecule has 0 aliphatic carbocycles. The standard InChI is InChI=1S/C21H21ClN6O2/c1-3-15(13-23-21-26-17-6-4-5-7-19(17)30-21)27(2)20(29)16-12-14(22)8-9-18(16)28-24-10-11-25-28/h4-12,15H,3,13H2,1-2H3,(H,23,26). The fourth-order valence-corrected chi connectivity index (χ4v) is 3.43. The molecule has 8 nitrogen and oxygen atoms in total. The summed E-state index contributed by atoms with van der Waals surface area (Å²) in [6, 6.07) is 13.0. The Bertz CT molecular complexity index is 1120. The Labute approximate surface area is 178 Å². The van der Waals surface area contributed by atoms with E-state index in [0.29, 0.717) is 34.4 Å². The molecule has 2 heterocycles. The summed E-state index contributed by atoms with van der Waals surface area (Å²) >= 11 is 6.17. The second kappa shape index (κ2) is 8.54. The molecule has 154 valence electrons. The van der Waals surface area contributed by atoms with Gasteiger partial charge in [-0.2, -0.15) is 20.0 Å². The molecule has 30 heavy (non-hydrogen) atoms. The third-order valence-corrected chi connectivity index (χ3v) is 5.18. The van der Waals surface area contributed by atoms with Crippen LogP contribution in [0.25, 0.3) is 16.8 Å². The van der Waals surface area contributed by atoms with Crippen LogP contribution in [0.1, 0.15) is 23.7 Å². The van der Waals surface area contributed by atoms with Gasteiger partial charge in [-0.25, -0.2) is 0 Å². The third kappa shape index (κ3) is 3.99. The molecule has 2 aromatic carbocycles. The van der Waals surface area contributed by atoms with E-state index in [9.17, 15) is 4.79 Å². The lowest BCUT2D eigenvalue weighted by Crippen LogP contribution is -2.41. The Balaban J connectivity index is 1.52. The number of oxazole rings is 1. The average molecular weight is 425 g/mol. The molecular formula is C21H21ClN6O2. The number of nitrogens with zero attached hydrogens (tertiary/aromatic N) is 5. The van der Waals surface area contributed by atoms with Crippen LogP contribution in [0.4, 0.5) is 6.01 Å². The fraction of sp³-hybridized carbons (Fsp3) is 0.238. The summed E-state index contributed by atoms with van der Waals surface area (Å²) in [5, 5.41) is 11.9. The molecule has 1 unspecified atom stereocenters. The largest absolute Gasteiger partial charge is 0.424 e. The first-order chi connectivity index (χ1) is 14.6. The summed E-state index contributed by atoms with van der Waals surface area (Å²) in [4.78, 5) is 20.8. The molecule has 0 spiro atoms. The molecule has 0 radical (unpaired) electrons.